The fourth-order valence-corrected chi connectivity index (χ4v) is 3.73. The van der Waals surface area contributed by atoms with Gasteiger partial charge in [0.05, 0.1) is 4.53 Å². The molecular formula is C18H12BrN3OS. The van der Waals surface area contributed by atoms with Crippen LogP contribution in [0.25, 0.3) is 22.4 Å². The van der Waals surface area contributed by atoms with Crippen molar-refractivity contribution in [2.75, 3.05) is 0 Å². The van der Waals surface area contributed by atoms with Crippen molar-refractivity contribution in [2.45, 2.75) is 6.92 Å². The van der Waals surface area contributed by atoms with Gasteiger partial charge in [0.15, 0.2) is 5.82 Å². The van der Waals surface area contributed by atoms with E-state index in [9.17, 15) is 4.79 Å². The normalized spacial score (nSPS) is 12.2. The summed E-state index contributed by atoms with van der Waals surface area (Å²) >= 11 is 4.79. The molecule has 0 aliphatic heterocycles. The zero-order valence-corrected chi connectivity index (χ0v) is 15.1. The fraction of sp³-hybridized carbons (Fsp3) is 0.0556. The van der Waals surface area contributed by atoms with Crippen LogP contribution in [-0.2, 0) is 0 Å². The first-order chi connectivity index (χ1) is 11.6. The van der Waals surface area contributed by atoms with E-state index in [0.29, 0.717) is 15.3 Å². The van der Waals surface area contributed by atoms with Crippen molar-refractivity contribution in [1.82, 2.24) is 14.6 Å². The van der Waals surface area contributed by atoms with Gasteiger partial charge in [0.25, 0.3) is 5.56 Å². The molecular weight excluding hydrogens is 386 g/mol. The number of thiazole rings is 1. The van der Waals surface area contributed by atoms with Crippen molar-refractivity contribution in [2.24, 2.45) is 0 Å². The van der Waals surface area contributed by atoms with Crippen molar-refractivity contribution >= 4 is 38.3 Å². The van der Waals surface area contributed by atoms with Gasteiger partial charge in [-0.05, 0) is 30.7 Å². The first kappa shape index (κ1) is 15.2. The molecule has 4 nitrogen and oxygen atoms in total. The monoisotopic (exact) mass is 397 g/mol. The summed E-state index contributed by atoms with van der Waals surface area (Å²) in [7, 11) is 0. The van der Waals surface area contributed by atoms with Crippen LogP contribution in [0.3, 0.4) is 0 Å². The van der Waals surface area contributed by atoms with E-state index in [0.717, 1.165) is 15.6 Å². The average molecular weight is 398 g/mol. The Morgan fingerprint density at radius 2 is 1.96 bits per heavy atom. The van der Waals surface area contributed by atoms with Crippen molar-refractivity contribution in [3.05, 3.63) is 79.0 Å². The second-order valence-electron chi connectivity index (χ2n) is 5.47. The number of halogens is 1. The second kappa shape index (κ2) is 5.96. The smallest absolute Gasteiger partial charge is 0.266 e. The highest BCUT2D eigenvalue weighted by atomic mass is 79.9. The molecule has 2 heterocycles. The largest absolute Gasteiger partial charge is 0.291 e. The van der Waals surface area contributed by atoms with Crippen molar-refractivity contribution in [3.63, 3.8) is 0 Å². The molecule has 2 aromatic carbocycles. The van der Waals surface area contributed by atoms with Crippen molar-refractivity contribution in [3.8, 4) is 11.4 Å². The number of benzene rings is 2. The van der Waals surface area contributed by atoms with E-state index in [1.54, 1.807) is 0 Å². The van der Waals surface area contributed by atoms with Crippen LogP contribution in [0.15, 0.2) is 57.8 Å². The third-order valence-corrected chi connectivity index (χ3v) is 5.09. The second-order valence-corrected chi connectivity index (χ2v) is 7.39. The molecule has 0 atom stereocenters. The van der Waals surface area contributed by atoms with Crippen LogP contribution < -0.4 is 10.1 Å². The summed E-state index contributed by atoms with van der Waals surface area (Å²) in [5.41, 5.74) is 2.91. The third kappa shape index (κ3) is 2.79. The summed E-state index contributed by atoms with van der Waals surface area (Å²) in [4.78, 5) is 17.6. The SMILES string of the molecule is Cc1ccc(-c2nc3s/c(=C/c4cccc(Br)c4)c(=O)n3n2)cc1. The van der Waals surface area contributed by atoms with Crippen molar-refractivity contribution < 1.29 is 0 Å². The summed E-state index contributed by atoms with van der Waals surface area (Å²) in [6.07, 6.45) is 1.86. The summed E-state index contributed by atoms with van der Waals surface area (Å²) in [6.45, 7) is 2.03. The highest BCUT2D eigenvalue weighted by Gasteiger charge is 2.11. The van der Waals surface area contributed by atoms with Gasteiger partial charge in [-0.3, -0.25) is 4.79 Å². The minimum atomic E-state index is -0.138. The van der Waals surface area contributed by atoms with Gasteiger partial charge in [-0.1, -0.05) is 69.2 Å². The zero-order valence-electron chi connectivity index (χ0n) is 12.7. The van der Waals surface area contributed by atoms with Crippen LogP contribution in [0.1, 0.15) is 11.1 Å². The number of aromatic nitrogens is 3. The molecule has 2 aromatic heterocycles. The minimum absolute atomic E-state index is 0.138. The summed E-state index contributed by atoms with van der Waals surface area (Å²) in [5, 5.41) is 4.37. The summed E-state index contributed by atoms with van der Waals surface area (Å²) in [5.74, 6) is 0.576. The van der Waals surface area contributed by atoms with Crippen LogP contribution in [0, 0.1) is 6.92 Å². The van der Waals surface area contributed by atoms with Crippen molar-refractivity contribution in [1.29, 1.82) is 0 Å². The molecule has 0 bridgehead atoms. The first-order valence-electron chi connectivity index (χ1n) is 7.34. The number of hydrogen-bond donors (Lipinski definition) is 0. The maximum atomic E-state index is 12.5. The number of fused-ring (bicyclic) bond motifs is 1. The topological polar surface area (TPSA) is 47.3 Å². The summed E-state index contributed by atoms with van der Waals surface area (Å²) in [6, 6.07) is 15.8. The fourth-order valence-electron chi connectivity index (χ4n) is 2.41. The quantitative estimate of drug-likeness (QED) is 0.520. The minimum Gasteiger partial charge on any atom is -0.266 e. The molecule has 0 fully saturated rings. The first-order valence-corrected chi connectivity index (χ1v) is 8.95. The molecule has 0 saturated heterocycles. The molecule has 24 heavy (non-hydrogen) atoms. The Morgan fingerprint density at radius 3 is 2.67 bits per heavy atom. The standard InChI is InChI=1S/C18H12BrN3OS/c1-11-5-7-13(8-6-11)16-20-18-22(21-16)17(23)15(24-18)10-12-3-2-4-14(19)9-12/h2-10H,1H3/b15-10+. The summed E-state index contributed by atoms with van der Waals surface area (Å²) < 4.78 is 2.98. The van der Waals surface area contributed by atoms with Gasteiger partial charge in [0.2, 0.25) is 4.96 Å². The average Bonchev–Trinajstić information content (AvgIpc) is 3.09. The van der Waals surface area contributed by atoms with Crippen LogP contribution in [0.4, 0.5) is 0 Å². The molecule has 0 radical (unpaired) electrons. The van der Waals surface area contributed by atoms with E-state index in [1.807, 2.05) is 61.5 Å². The lowest BCUT2D eigenvalue weighted by molar-refractivity contribution is 0.937. The Morgan fingerprint density at radius 1 is 1.17 bits per heavy atom. The Hall–Kier alpha value is -2.31. The lowest BCUT2D eigenvalue weighted by atomic mass is 10.1. The molecule has 0 amide bonds. The molecule has 0 saturated carbocycles. The molecule has 0 unspecified atom stereocenters. The number of nitrogens with zero attached hydrogens (tertiary/aromatic N) is 3. The van der Waals surface area contributed by atoms with Gasteiger partial charge >= 0.3 is 0 Å². The van der Waals surface area contributed by atoms with Gasteiger partial charge < -0.3 is 0 Å². The Bertz CT molecular complexity index is 1150. The predicted molar refractivity (Wildman–Crippen MR) is 100 cm³/mol. The third-order valence-electron chi connectivity index (χ3n) is 3.64. The van der Waals surface area contributed by atoms with E-state index in [2.05, 4.69) is 26.0 Å². The Kier molecular flexibility index (Phi) is 3.78. The van der Waals surface area contributed by atoms with Gasteiger partial charge in [0, 0.05) is 10.0 Å². The Labute approximate surface area is 150 Å². The predicted octanol–water partition coefficient (Wildman–Crippen LogP) is 3.44. The number of aryl methyl sites for hydroxylation is 1. The number of rotatable bonds is 2. The molecule has 0 aliphatic rings. The van der Waals surface area contributed by atoms with Crippen LogP contribution in [0.2, 0.25) is 0 Å². The van der Waals surface area contributed by atoms with Gasteiger partial charge in [0.1, 0.15) is 0 Å². The lowest BCUT2D eigenvalue weighted by Crippen LogP contribution is -2.23. The van der Waals surface area contributed by atoms with Gasteiger partial charge in [-0.15, -0.1) is 5.10 Å². The maximum Gasteiger partial charge on any atom is 0.291 e. The van der Waals surface area contributed by atoms with Crippen LogP contribution in [0.5, 0.6) is 0 Å². The molecule has 0 aliphatic carbocycles. The van der Waals surface area contributed by atoms with E-state index < -0.39 is 0 Å². The van der Waals surface area contributed by atoms with Gasteiger partial charge in [-0.2, -0.15) is 9.50 Å². The number of hydrogen-bond acceptors (Lipinski definition) is 4. The van der Waals surface area contributed by atoms with Crippen LogP contribution >= 0.6 is 27.3 Å². The zero-order chi connectivity index (χ0) is 16.7. The molecule has 4 rings (SSSR count). The van der Waals surface area contributed by atoms with Gasteiger partial charge in [-0.25, -0.2) is 0 Å². The molecule has 118 valence electrons. The van der Waals surface area contributed by atoms with E-state index >= 15 is 0 Å². The maximum absolute atomic E-state index is 12.5. The van der Waals surface area contributed by atoms with Crippen LogP contribution in [-0.4, -0.2) is 14.6 Å². The van der Waals surface area contributed by atoms with E-state index in [-0.39, 0.29) is 5.56 Å². The molecule has 6 heteroatoms. The molecule has 0 N–H and O–H groups in total. The van der Waals surface area contributed by atoms with E-state index in [4.69, 9.17) is 0 Å². The highest BCUT2D eigenvalue weighted by molar-refractivity contribution is 9.10. The van der Waals surface area contributed by atoms with E-state index in [1.165, 1.54) is 21.4 Å². The lowest BCUT2D eigenvalue weighted by Gasteiger charge is -1.95. The Balaban J connectivity index is 1.81. The molecule has 0 spiro atoms. The highest BCUT2D eigenvalue weighted by Crippen LogP contribution is 2.17. The molecule has 4 aromatic rings.